The van der Waals surface area contributed by atoms with Crippen LogP contribution >= 0.6 is 0 Å². The second-order valence-electron chi connectivity index (χ2n) is 5.43. The molecule has 0 saturated carbocycles. The Morgan fingerprint density at radius 2 is 1.73 bits per heavy atom. The highest BCUT2D eigenvalue weighted by Crippen LogP contribution is 2.37. The lowest BCUT2D eigenvalue weighted by molar-refractivity contribution is -0.143. The number of rotatable bonds is 3. The number of para-hydroxylation sites is 2. The molecule has 5 nitrogen and oxygen atoms in total. The third kappa shape index (κ3) is 3.69. The van der Waals surface area contributed by atoms with E-state index in [9.17, 15) is 18.0 Å². The summed E-state index contributed by atoms with van der Waals surface area (Å²) >= 11 is 0. The number of hydrogen-bond acceptors (Lipinski definition) is 3. The SMILES string of the molecule is Cc1ccccc1NC(=O)Oc1cnn(-c2ccccc2)c1C(F)(F)F. The third-order valence-corrected chi connectivity index (χ3v) is 3.59. The van der Waals surface area contributed by atoms with Gasteiger partial charge in [-0.05, 0) is 30.7 Å². The Bertz CT molecular complexity index is 921. The van der Waals surface area contributed by atoms with Crippen molar-refractivity contribution in [3.8, 4) is 11.4 Å². The minimum atomic E-state index is -4.76. The highest BCUT2D eigenvalue weighted by molar-refractivity contribution is 5.87. The second kappa shape index (κ2) is 6.91. The number of anilines is 1. The average Bonchev–Trinajstić information content (AvgIpc) is 3.01. The van der Waals surface area contributed by atoms with Crippen LogP contribution in [-0.4, -0.2) is 15.9 Å². The molecule has 3 rings (SSSR count). The van der Waals surface area contributed by atoms with Crippen molar-refractivity contribution in [3.63, 3.8) is 0 Å². The number of benzene rings is 2. The topological polar surface area (TPSA) is 56.1 Å². The lowest BCUT2D eigenvalue weighted by Crippen LogP contribution is -2.20. The molecule has 1 heterocycles. The maximum Gasteiger partial charge on any atom is 0.437 e. The number of aromatic nitrogens is 2. The molecule has 0 aliphatic carbocycles. The van der Waals surface area contributed by atoms with Crippen molar-refractivity contribution in [2.24, 2.45) is 0 Å². The summed E-state index contributed by atoms with van der Waals surface area (Å²) in [6.07, 6.45) is -4.92. The summed E-state index contributed by atoms with van der Waals surface area (Å²) in [4.78, 5) is 12.0. The van der Waals surface area contributed by atoms with Crippen LogP contribution in [-0.2, 0) is 6.18 Å². The van der Waals surface area contributed by atoms with E-state index in [2.05, 4.69) is 10.4 Å². The number of ether oxygens (including phenoxy) is 1. The Hall–Kier alpha value is -3.29. The zero-order valence-corrected chi connectivity index (χ0v) is 13.6. The van der Waals surface area contributed by atoms with Crippen LogP contribution in [0.15, 0.2) is 60.8 Å². The van der Waals surface area contributed by atoms with Gasteiger partial charge in [0, 0.05) is 5.69 Å². The van der Waals surface area contributed by atoms with Crippen LogP contribution in [0, 0.1) is 6.92 Å². The zero-order chi connectivity index (χ0) is 18.7. The predicted molar refractivity (Wildman–Crippen MR) is 89.4 cm³/mol. The van der Waals surface area contributed by atoms with Crippen molar-refractivity contribution in [1.29, 1.82) is 0 Å². The van der Waals surface area contributed by atoms with Gasteiger partial charge in [0.1, 0.15) is 0 Å². The fourth-order valence-corrected chi connectivity index (χ4v) is 2.38. The van der Waals surface area contributed by atoms with Crippen LogP contribution in [0.5, 0.6) is 5.75 Å². The van der Waals surface area contributed by atoms with Crippen LogP contribution in [0.2, 0.25) is 0 Å². The third-order valence-electron chi connectivity index (χ3n) is 3.59. The minimum absolute atomic E-state index is 0.203. The van der Waals surface area contributed by atoms with Gasteiger partial charge < -0.3 is 4.74 Å². The molecule has 26 heavy (non-hydrogen) atoms. The summed E-state index contributed by atoms with van der Waals surface area (Å²) < 4.78 is 46.1. The van der Waals surface area contributed by atoms with Gasteiger partial charge in [-0.1, -0.05) is 36.4 Å². The Morgan fingerprint density at radius 3 is 2.38 bits per heavy atom. The number of nitrogens with one attached hydrogen (secondary N) is 1. The molecule has 0 fully saturated rings. The van der Waals surface area contributed by atoms with Crippen LogP contribution in [0.1, 0.15) is 11.3 Å². The first-order valence-corrected chi connectivity index (χ1v) is 7.61. The molecule has 0 aliphatic heterocycles. The Kier molecular flexibility index (Phi) is 4.66. The van der Waals surface area contributed by atoms with Gasteiger partial charge in [-0.15, -0.1) is 0 Å². The molecule has 0 spiro atoms. The minimum Gasteiger partial charge on any atom is -0.406 e. The van der Waals surface area contributed by atoms with Crippen molar-refractivity contribution in [3.05, 3.63) is 72.1 Å². The number of carbonyl (C=O) groups is 1. The maximum absolute atomic E-state index is 13.5. The molecular weight excluding hydrogens is 347 g/mol. The van der Waals surface area contributed by atoms with E-state index < -0.39 is 23.7 Å². The molecule has 0 radical (unpaired) electrons. The highest BCUT2D eigenvalue weighted by atomic mass is 19.4. The molecule has 1 aromatic heterocycles. The van der Waals surface area contributed by atoms with E-state index in [1.807, 2.05) is 0 Å². The van der Waals surface area contributed by atoms with Crippen LogP contribution in [0.4, 0.5) is 23.7 Å². The van der Waals surface area contributed by atoms with Crippen molar-refractivity contribution < 1.29 is 22.7 Å². The monoisotopic (exact) mass is 361 g/mol. The van der Waals surface area contributed by atoms with Gasteiger partial charge in [-0.25, -0.2) is 9.48 Å². The van der Waals surface area contributed by atoms with Crippen molar-refractivity contribution in [2.75, 3.05) is 5.32 Å². The summed E-state index contributed by atoms with van der Waals surface area (Å²) in [7, 11) is 0. The highest BCUT2D eigenvalue weighted by Gasteiger charge is 2.40. The molecule has 1 N–H and O–H groups in total. The number of aryl methyl sites for hydroxylation is 1. The molecule has 0 aliphatic rings. The van der Waals surface area contributed by atoms with Crippen molar-refractivity contribution in [2.45, 2.75) is 13.1 Å². The standard InChI is InChI=1S/C18H14F3N3O2/c1-12-7-5-6-10-14(12)23-17(25)26-15-11-22-24(16(15)18(19,20)21)13-8-3-2-4-9-13/h2-11H,1H3,(H,23,25). The van der Waals surface area contributed by atoms with E-state index in [0.717, 1.165) is 11.8 Å². The first-order chi connectivity index (χ1) is 12.4. The number of alkyl halides is 3. The summed E-state index contributed by atoms with van der Waals surface area (Å²) in [5.41, 5.74) is 0.236. The molecule has 8 heteroatoms. The largest absolute Gasteiger partial charge is 0.437 e. The van der Waals surface area contributed by atoms with Crippen molar-refractivity contribution >= 4 is 11.8 Å². The van der Waals surface area contributed by atoms with Gasteiger partial charge in [-0.2, -0.15) is 18.3 Å². The van der Waals surface area contributed by atoms with E-state index in [-0.39, 0.29) is 5.69 Å². The lowest BCUT2D eigenvalue weighted by Gasteiger charge is -2.13. The summed E-state index contributed by atoms with van der Waals surface area (Å²) in [6.45, 7) is 1.75. The van der Waals surface area contributed by atoms with E-state index in [1.54, 1.807) is 49.4 Å². The molecule has 0 unspecified atom stereocenters. The molecule has 2 aromatic carbocycles. The van der Waals surface area contributed by atoms with Crippen LogP contribution < -0.4 is 10.1 Å². The smallest absolute Gasteiger partial charge is 0.406 e. The molecule has 3 aromatic rings. The van der Waals surface area contributed by atoms with Crippen LogP contribution in [0.25, 0.3) is 5.69 Å². The number of hydrogen-bond donors (Lipinski definition) is 1. The first kappa shape index (κ1) is 17.5. The van der Waals surface area contributed by atoms with Gasteiger partial charge in [0.25, 0.3) is 0 Å². The molecule has 1 amide bonds. The van der Waals surface area contributed by atoms with Gasteiger partial charge in [-0.3, -0.25) is 5.32 Å². The van der Waals surface area contributed by atoms with Crippen molar-refractivity contribution in [1.82, 2.24) is 9.78 Å². The number of carbonyl (C=O) groups excluding carboxylic acids is 1. The molecule has 0 saturated heterocycles. The number of amides is 1. The quantitative estimate of drug-likeness (QED) is 0.728. The normalized spacial score (nSPS) is 11.2. The van der Waals surface area contributed by atoms with E-state index in [0.29, 0.717) is 10.4 Å². The number of halogens is 3. The van der Waals surface area contributed by atoms with E-state index in [4.69, 9.17) is 4.74 Å². The molecular formula is C18H14F3N3O2. The maximum atomic E-state index is 13.5. The fourth-order valence-electron chi connectivity index (χ4n) is 2.38. The molecule has 0 atom stereocenters. The first-order valence-electron chi connectivity index (χ1n) is 7.61. The van der Waals surface area contributed by atoms with Gasteiger partial charge in [0.05, 0.1) is 11.9 Å². The Labute approximate surface area is 147 Å². The molecule has 134 valence electrons. The zero-order valence-electron chi connectivity index (χ0n) is 13.6. The predicted octanol–water partition coefficient (Wildman–Crippen LogP) is 4.81. The summed E-state index contributed by atoms with van der Waals surface area (Å²) in [6, 6.07) is 14.6. The lowest BCUT2D eigenvalue weighted by atomic mass is 10.2. The fraction of sp³-hybridized carbons (Fsp3) is 0.111. The Morgan fingerprint density at radius 1 is 1.08 bits per heavy atom. The summed E-state index contributed by atoms with van der Waals surface area (Å²) in [5, 5.41) is 6.14. The second-order valence-corrected chi connectivity index (χ2v) is 5.43. The van der Waals surface area contributed by atoms with Gasteiger partial charge in [0.2, 0.25) is 0 Å². The van der Waals surface area contributed by atoms with E-state index in [1.165, 1.54) is 12.1 Å². The van der Waals surface area contributed by atoms with Gasteiger partial charge >= 0.3 is 12.3 Å². The van der Waals surface area contributed by atoms with Crippen LogP contribution in [0.3, 0.4) is 0 Å². The summed E-state index contributed by atoms with van der Waals surface area (Å²) in [5.74, 6) is -0.674. The number of nitrogens with zero attached hydrogens (tertiary/aromatic N) is 2. The van der Waals surface area contributed by atoms with E-state index >= 15 is 0 Å². The molecule has 0 bridgehead atoms. The van der Waals surface area contributed by atoms with Gasteiger partial charge in [0.15, 0.2) is 11.4 Å². The average molecular weight is 361 g/mol. The Balaban J connectivity index is 1.90.